The van der Waals surface area contributed by atoms with Crippen molar-refractivity contribution in [2.24, 2.45) is 0 Å². The van der Waals surface area contributed by atoms with E-state index in [9.17, 15) is 9.59 Å². The molecule has 2 heterocycles. The van der Waals surface area contributed by atoms with Crippen molar-refractivity contribution >= 4 is 17.6 Å². The summed E-state index contributed by atoms with van der Waals surface area (Å²) in [6, 6.07) is 3.44. The quantitative estimate of drug-likeness (QED) is 0.839. The number of hydrogen-bond acceptors (Lipinski definition) is 4. The Morgan fingerprint density at radius 1 is 1.42 bits per heavy atom. The largest absolute Gasteiger partial charge is 0.372 e. The third-order valence-corrected chi connectivity index (χ3v) is 3.24. The van der Waals surface area contributed by atoms with Crippen LogP contribution in [0.2, 0.25) is 0 Å². The molecule has 2 rings (SSSR count). The summed E-state index contributed by atoms with van der Waals surface area (Å²) in [7, 11) is 3.49. The molecular weight excluding hydrogens is 244 g/mol. The van der Waals surface area contributed by atoms with E-state index in [1.165, 1.54) is 0 Å². The van der Waals surface area contributed by atoms with Crippen LogP contribution in [0.5, 0.6) is 0 Å². The molecule has 19 heavy (non-hydrogen) atoms. The van der Waals surface area contributed by atoms with Crippen LogP contribution in [0.25, 0.3) is 0 Å². The third kappa shape index (κ3) is 2.83. The summed E-state index contributed by atoms with van der Waals surface area (Å²) in [5.74, 6) is 0.361. The highest BCUT2D eigenvalue weighted by Crippen LogP contribution is 2.15. The first-order valence-electron chi connectivity index (χ1n) is 6.29. The number of carbonyl (C=O) groups is 2. The van der Waals surface area contributed by atoms with E-state index in [0.29, 0.717) is 24.5 Å². The van der Waals surface area contributed by atoms with Crippen LogP contribution in [0.3, 0.4) is 0 Å². The van der Waals surface area contributed by atoms with Crippen LogP contribution >= 0.6 is 0 Å². The lowest BCUT2D eigenvalue weighted by Crippen LogP contribution is -2.38. The first-order chi connectivity index (χ1) is 9.13. The predicted molar refractivity (Wildman–Crippen MR) is 71.9 cm³/mol. The van der Waals surface area contributed by atoms with Crippen molar-refractivity contribution in [1.82, 2.24) is 14.8 Å². The van der Waals surface area contributed by atoms with E-state index in [-0.39, 0.29) is 18.4 Å². The van der Waals surface area contributed by atoms with Crippen LogP contribution in [0.1, 0.15) is 16.8 Å². The average Bonchev–Trinajstić information content (AvgIpc) is 2.60. The molecule has 1 N–H and O–H groups in total. The molecule has 0 spiro atoms. The number of nitrogens with zero attached hydrogens (tertiary/aromatic N) is 3. The van der Waals surface area contributed by atoms with E-state index in [0.717, 1.165) is 6.42 Å². The lowest BCUT2D eigenvalue weighted by molar-refractivity contribution is -0.129. The fraction of sp³-hybridized carbons (Fsp3) is 0.462. The summed E-state index contributed by atoms with van der Waals surface area (Å²) in [4.78, 5) is 31.6. The third-order valence-electron chi connectivity index (χ3n) is 3.24. The summed E-state index contributed by atoms with van der Waals surface area (Å²) in [6.45, 7) is 1.41. The Balaban J connectivity index is 2.21. The lowest BCUT2D eigenvalue weighted by atomic mass is 10.2. The van der Waals surface area contributed by atoms with Gasteiger partial charge < -0.3 is 15.1 Å². The lowest BCUT2D eigenvalue weighted by Gasteiger charge is -2.20. The number of aromatic nitrogens is 1. The molecule has 0 atom stereocenters. The zero-order valence-electron chi connectivity index (χ0n) is 11.2. The average molecular weight is 262 g/mol. The molecule has 0 unspecified atom stereocenters. The van der Waals surface area contributed by atoms with Crippen LogP contribution in [-0.2, 0) is 4.79 Å². The molecule has 1 fully saturated rings. The minimum Gasteiger partial charge on any atom is -0.372 e. The second-order valence-corrected chi connectivity index (χ2v) is 4.55. The van der Waals surface area contributed by atoms with Crippen LogP contribution in [0.4, 0.5) is 5.82 Å². The summed E-state index contributed by atoms with van der Waals surface area (Å²) in [5, 5.41) is 2.90. The highest BCUT2D eigenvalue weighted by atomic mass is 16.2. The molecule has 1 aliphatic heterocycles. The zero-order chi connectivity index (χ0) is 13.8. The summed E-state index contributed by atoms with van der Waals surface area (Å²) in [6.07, 6.45) is 2.42. The Kier molecular flexibility index (Phi) is 3.99. The second-order valence-electron chi connectivity index (χ2n) is 4.55. The SMILES string of the molecule is CNc1ncccc1C(=O)N1CCCN(C)C(=O)C1. The van der Waals surface area contributed by atoms with Gasteiger partial charge >= 0.3 is 0 Å². The van der Waals surface area contributed by atoms with Crippen molar-refractivity contribution in [2.45, 2.75) is 6.42 Å². The maximum absolute atomic E-state index is 12.5. The summed E-state index contributed by atoms with van der Waals surface area (Å²) in [5.41, 5.74) is 0.502. The molecule has 1 saturated heterocycles. The van der Waals surface area contributed by atoms with Gasteiger partial charge in [-0.05, 0) is 18.6 Å². The topological polar surface area (TPSA) is 65.5 Å². The van der Waals surface area contributed by atoms with Gasteiger partial charge in [0.1, 0.15) is 12.4 Å². The minimum absolute atomic E-state index is 0.0271. The molecule has 1 aromatic rings. The van der Waals surface area contributed by atoms with Gasteiger partial charge in [-0.3, -0.25) is 9.59 Å². The molecule has 0 saturated carbocycles. The summed E-state index contributed by atoms with van der Waals surface area (Å²) >= 11 is 0. The number of carbonyl (C=O) groups excluding carboxylic acids is 2. The van der Waals surface area contributed by atoms with Gasteiger partial charge in [-0.25, -0.2) is 4.98 Å². The Bertz CT molecular complexity index is 489. The van der Waals surface area contributed by atoms with Crippen LogP contribution in [0.15, 0.2) is 18.3 Å². The summed E-state index contributed by atoms with van der Waals surface area (Å²) < 4.78 is 0. The van der Waals surface area contributed by atoms with Crippen molar-refractivity contribution < 1.29 is 9.59 Å². The molecule has 102 valence electrons. The zero-order valence-corrected chi connectivity index (χ0v) is 11.2. The van der Waals surface area contributed by atoms with Gasteiger partial charge in [0.15, 0.2) is 0 Å². The van der Waals surface area contributed by atoms with E-state index in [1.807, 2.05) is 0 Å². The van der Waals surface area contributed by atoms with Crippen molar-refractivity contribution in [3.05, 3.63) is 23.9 Å². The van der Waals surface area contributed by atoms with Gasteiger partial charge in [-0.15, -0.1) is 0 Å². The Morgan fingerprint density at radius 2 is 2.21 bits per heavy atom. The van der Waals surface area contributed by atoms with E-state index >= 15 is 0 Å². The van der Waals surface area contributed by atoms with Crippen molar-refractivity contribution in [3.63, 3.8) is 0 Å². The van der Waals surface area contributed by atoms with E-state index < -0.39 is 0 Å². The molecule has 0 bridgehead atoms. The van der Waals surface area contributed by atoms with Crippen molar-refractivity contribution in [2.75, 3.05) is 39.0 Å². The van der Waals surface area contributed by atoms with Crippen LogP contribution < -0.4 is 5.32 Å². The maximum Gasteiger partial charge on any atom is 0.258 e. The second kappa shape index (κ2) is 5.69. The number of nitrogens with one attached hydrogen (secondary N) is 1. The highest BCUT2D eigenvalue weighted by molar-refractivity contribution is 6.00. The van der Waals surface area contributed by atoms with Gasteiger partial charge in [0, 0.05) is 33.4 Å². The van der Waals surface area contributed by atoms with Crippen molar-refractivity contribution in [3.8, 4) is 0 Å². The Labute approximate surface area is 112 Å². The highest BCUT2D eigenvalue weighted by Gasteiger charge is 2.25. The molecule has 0 aliphatic carbocycles. The molecule has 1 aromatic heterocycles. The number of amides is 2. The monoisotopic (exact) mass is 262 g/mol. The van der Waals surface area contributed by atoms with Crippen LogP contribution in [0, 0.1) is 0 Å². The molecule has 0 aromatic carbocycles. The van der Waals surface area contributed by atoms with Crippen molar-refractivity contribution in [1.29, 1.82) is 0 Å². The maximum atomic E-state index is 12.5. The minimum atomic E-state index is -0.152. The van der Waals surface area contributed by atoms with Gasteiger partial charge in [-0.2, -0.15) is 0 Å². The van der Waals surface area contributed by atoms with E-state index in [1.54, 1.807) is 42.2 Å². The normalized spacial score (nSPS) is 16.2. The fourth-order valence-corrected chi connectivity index (χ4v) is 2.11. The Hall–Kier alpha value is -2.11. The number of likely N-dealkylation sites (N-methyl/N-ethyl adjacent to an activating group) is 1. The number of anilines is 1. The molecule has 0 radical (unpaired) electrons. The molecule has 1 aliphatic rings. The molecular formula is C13H18N4O2. The molecule has 2 amide bonds. The smallest absolute Gasteiger partial charge is 0.258 e. The number of rotatable bonds is 2. The number of pyridine rings is 1. The first kappa shape index (κ1) is 13.3. The molecule has 6 heteroatoms. The van der Waals surface area contributed by atoms with Gasteiger partial charge in [-0.1, -0.05) is 0 Å². The van der Waals surface area contributed by atoms with Crippen LogP contribution in [-0.4, -0.2) is 60.3 Å². The number of hydrogen-bond donors (Lipinski definition) is 1. The van der Waals surface area contributed by atoms with Gasteiger partial charge in [0.05, 0.1) is 5.56 Å². The Morgan fingerprint density at radius 3 is 2.95 bits per heavy atom. The molecule has 6 nitrogen and oxygen atoms in total. The fourth-order valence-electron chi connectivity index (χ4n) is 2.11. The van der Waals surface area contributed by atoms with E-state index in [4.69, 9.17) is 0 Å². The van der Waals surface area contributed by atoms with Gasteiger partial charge in [0.25, 0.3) is 5.91 Å². The standard InChI is InChI=1S/C13H18N4O2/c1-14-12-10(5-3-6-15-12)13(19)17-8-4-7-16(2)11(18)9-17/h3,5-6H,4,7-9H2,1-2H3,(H,14,15). The van der Waals surface area contributed by atoms with E-state index in [2.05, 4.69) is 10.3 Å². The predicted octanol–water partition coefficient (Wildman–Crippen LogP) is 0.428. The van der Waals surface area contributed by atoms with Gasteiger partial charge in [0.2, 0.25) is 5.91 Å². The first-order valence-corrected chi connectivity index (χ1v) is 6.29.